The van der Waals surface area contributed by atoms with Crippen molar-refractivity contribution in [3.05, 3.63) is 12.2 Å². The molecule has 1 atom stereocenters. The van der Waals surface area contributed by atoms with E-state index in [4.69, 9.17) is 4.74 Å². The van der Waals surface area contributed by atoms with Crippen molar-refractivity contribution in [3.63, 3.8) is 0 Å². The molecule has 0 aromatic rings. The second-order valence-corrected chi connectivity index (χ2v) is 9.80. The van der Waals surface area contributed by atoms with Gasteiger partial charge in [-0.05, 0) is 32.1 Å². The Kier molecular flexibility index (Phi) is 25.8. The predicted octanol–water partition coefficient (Wildman–Crippen LogP) is 10.5. The van der Waals surface area contributed by atoms with Crippen LogP contribution in [0.25, 0.3) is 0 Å². The second-order valence-electron chi connectivity index (χ2n) is 9.80. The molecular weight excluding hydrogens is 392 g/mol. The van der Waals surface area contributed by atoms with E-state index in [9.17, 15) is 4.79 Å². The van der Waals surface area contributed by atoms with Crippen LogP contribution in [0.3, 0.4) is 0 Å². The molecule has 0 fully saturated rings. The van der Waals surface area contributed by atoms with Crippen LogP contribution in [0, 0.1) is 0 Å². The van der Waals surface area contributed by atoms with E-state index in [1.807, 2.05) is 0 Å². The Hall–Kier alpha value is -0.790. The number of ether oxygens (including phenoxy) is 1. The molecule has 0 amide bonds. The number of rotatable bonds is 25. The van der Waals surface area contributed by atoms with Gasteiger partial charge in [-0.3, -0.25) is 4.79 Å². The van der Waals surface area contributed by atoms with Crippen molar-refractivity contribution in [3.8, 4) is 0 Å². The third-order valence-corrected chi connectivity index (χ3v) is 6.45. The fourth-order valence-corrected chi connectivity index (χ4v) is 4.26. The van der Waals surface area contributed by atoms with Gasteiger partial charge in [0.25, 0.3) is 0 Å². The molecule has 0 aliphatic carbocycles. The number of esters is 1. The van der Waals surface area contributed by atoms with Crippen LogP contribution in [0.1, 0.15) is 168 Å². The monoisotopic (exact) mass is 450 g/mol. The molecule has 0 heterocycles. The number of unbranched alkanes of at least 4 members (excludes halogenated alkanes) is 17. The minimum Gasteiger partial charge on any atom is -0.462 e. The van der Waals surface area contributed by atoms with E-state index >= 15 is 0 Å². The van der Waals surface area contributed by atoms with Gasteiger partial charge in [0.05, 0.1) is 0 Å². The van der Waals surface area contributed by atoms with Crippen molar-refractivity contribution in [2.24, 2.45) is 0 Å². The number of hydrogen-bond donors (Lipinski definition) is 0. The maximum Gasteiger partial charge on any atom is 0.306 e. The van der Waals surface area contributed by atoms with Crippen LogP contribution >= 0.6 is 0 Å². The van der Waals surface area contributed by atoms with Crippen LogP contribution < -0.4 is 0 Å². The Morgan fingerprint density at radius 1 is 0.594 bits per heavy atom. The van der Waals surface area contributed by atoms with Gasteiger partial charge in [-0.2, -0.15) is 0 Å². The Morgan fingerprint density at radius 2 is 1.06 bits per heavy atom. The zero-order valence-corrected chi connectivity index (χ0v) is 22.3. The summed E-state index contributed by atoms with van der Waals surface area (Å²) in [6.45, 7) is 6.78. The van der Waals surface area contributed by atoms with Crippen LogP contribution in [-0.4, -0.2) is 12.1 Å². The van der Waals surface area contributed by atoms with E-state index in [0.717, 1.165) is 19.3 Å². The van der Waals surface area contributed by atoms with Gasteiger partial charge in [0, 0.05) is 12.8 Å². The topological polar surface area (TPSA) is 26.3 Å². The maximum atomic E-state index is 12.4. The largest absolute Gasteiger partial charge is 0.462 e. The van der Waals surface area contributed by atoms with Crippen LogP contribution in [-0.2, 0) is 9.53 Å². The summed E-state index contributed by atoms with van der Waals surface area (Å²) in [6, 6.07) is 0. The quantitative estimate of drug-likeness (QED) is 0.0785. The van der Waals surface area contributed by atoms with Gasteiger partial charge in [0.15, 0.2) is 0 Å². The highest BCUT2D eigenvalue weighted by molar-refractivity contribution is 5.69. The summed E-state index contributed by atoms with van der Waals surface area (Å²) in [5.41, 5.74) is 0. The van der Waals surface area contributed by atoms with Gasteiger partial charge in [-0.25, -0.2) is 0 Å². The molecule has 32 heavy (non-hydrogen) atoms. The van der Waals surface area contributed by atoms with Crippen molar-refractivity contribution in [2.45, 2.75) is 175 Å². The van der Waals surface area contributed by atoms with E-state index < -0.39 is 0 Å². The van der Waals surface area contributed by atoms with E-state index in [2.05, 4.69) is 32.9 Å². The van der Waals surface area contributed by atoms with Crippen LogP contribution in [0.4, 0.5) is 0 Å². The summed E-state index contributed by atoms with van der Waals surface area (Å²) < 4.78 is 5.88. The lowest BCUT2D eigenvalue weighted by Crippen LogP contribution is -2.17. The molecule has 0 spiro atoms. The minimum atomic E-state index is 0.0257. The highest BCUT2D eigenvalue weighted by Crippen LogP contribution is 2.16. The minimum absolute atomic E-state index is 0.0257. The number of carbonyl (C=O) groups is 1. The lowest BCUT2D eigenvalue weighted by atomic mass is 10.1. The summed E-state index contributed by atoms with van der Waals surface area (Å²) in [7, 11) is 0. The van der Waals surface area contributed by atoms with Gasteiger partial charge in [-0.15, -0.1) is 0 Å². The van der Waals surface area contributed by atoms with Crippen molar-refractivity contribution in [2.75, 3.05) is 0 Å². The van der Waals surface area contributed by atoms with Crippen molar-refractivity contribution >= 4 is 5.97 Å². The van der Waals surface area contributed by atoms with Gasteiger partial charge >= 0.3 is 5.97 Å². The molecule has 0 rings (SSSR count). The Bertz CT molecular complexity index is 402. The molecule has 0 unspecified atom stereocenters. The normalized spacial score (nSPS) is 12.5. The lowest BCUT2D eigenvalue weighted by molar-refractivity contribution is -0.149. The van der Waals surface area contributed by atoms with Gasteiger partial charge in [-0.1, -0.05) is 136 Å². The van der Waals surface area contributed by atoms with Gasteiger partial charge in [0.2, 0.25) is 0 Å². The van der Waals surface area contributed by atoms with Gasteiger partial charge in [0.1, 0.15) is 6.10 Å². The third kappa shape index (κ3) is 23.9. The molecular formula is C30H58O2. The molecule has 0 saturated carbocycles. The van der Waals surface area contributed by atoms with Crippen LogP contribution in [0.15, 0.2) is 12.2 Å². The first kappa shape index (κ1) is 31.2. The van der Waals surface area contributed by atoms with Crippen molar-refractivity contribution in [1.29, 1.82) is 0 Å². The summed E-state index contributed by atoms with van der Waals surface area (Å²) in [5, 5.41) is 0. The fraction of sp³-hybridized carbons (Fsp3) is 0.900. The second kappa shape index (κ2) is 26.5. The SMILES string of the molecule is CCCCCCCC/C=C\C[C@@H](CCCCCC)OC(=O)CCCCCCCCCCC. The first-order valence-corrected chi connectivity index (χ1v) is 14.6. The smallest absolute Gasteiger partial charge is 0.306 e. The van der Waals surface area contributed by atoms with E-state index in [1.54, 1.807) is 0 Å². The average Bonchev–Trinajstić information content (AvgIpc) is 2.79. The molecule has 2 nitrogen and oxygen atoms in total. The lowest BCUT2D eigenvalue weighted by Gasteiger charge is -2.16. The molecule has 0 bridgehead atoms. The molecule has 0 saturated heterocycles. The standard InChI is InChI=1S/C30H58O2/c1-4-7-10-13-15-17-19-21-24-27-29(26-23-12-9-6-3)32-30(31)28-25-22-20-18-16-14-11-8-5-2/h21,24,29H,4-20,22-23,25-28H2,1-3H3/b24-21-/t29-/m1/s1. The zero-order valence-electron chi connectivity index (χ0n) is 22.3. The molecule has 0 aromatic heterocycles. The highest BCUT2D eigenvalue weighted by Gasteiger charge is 2.13. The van der Waals surface area contributed by atoms with Crippen molar-refractivity contribution < 1.29 is 9.53 Å². The first-order valence-electron chi connectivity index (χ1n) is 14.6. The summed E-state index contributed by atoms with van der Waals surface area (Å²) in [4.78, 5) is 12.4. The molecule has 0 aromatic carbocycles. The van der Waals surface area contributed by atoms with Gasteiger partial charge < -0.3 is 4.74 Å². The molecule has 190 valence electrons. The first-order chi connectivity index (χ1) is 15.7. The third-order valence-electron chi connectivity index (χ3n) is 6.45. The molecule has 0 aliphatic rings. The Balaban J connectivity index is 3.97. The molecule has 0 aliphatic heterocycles. The van der Waals surface area contributed by atoms with E-state index in [-0.39, 0.29) is 12.1 Å². The highest BCUT2D eigenvalue weighted by atomic mass is 16.5. The Labute approximate surface area is 202 Å². The number of carbonyl (C=O) groups excluding carboxylic acids is 1. The fourth-order valence-electron chi connectivity index (χ4n) is 4.26. The Morgan fingerprint density at radius 3 is 1.62 bits per heavy atom. The average molecular weight is 451 g/mol. The molecule has 0 N–H and O–H groups in total. The number of allylic oxidation sites excluding steroid dienone is 1. The zero-order chi connectivity index (χ0) is 23.5. The van der Waals surface area contributed by atoms with Crippen LogP contribution in [0.5, 0.6) is 0 Å². The predicted molar refractivity (Wildman–Crippen MR) is 142 cm³/mol. The summed E-state index contributed by atoms with van der Waals surface area (Å²) in [6.07, 6.45) is 32.9. The maximum absolute atomic E-state index is 12.4. The van der Waals surface area contributed by atoms with Crippen LogP contribution in [0.2, 0.25) is 0 Å². The molecule has 2 heteroatoms. The van der Waals surface area contributed by atoms with Crippen molar-refractivity contribution in [1.82, 2.24) is 0 Å². The van der Waals surface area contributed by atoms with E-state index in [1.165, 1.54) is 122 Å². The summed E-state index contributed by atoms with van der Waals surface area (Å²) in [5.74, 6) is 0.0257. The van der Waals surface area contributed by atoms with E-state index in [0.29, 0.717) is 6.42 Å². The summed E-state index contributed by atoms with van der Waals surface area (Å²) >= 11 is 0. The number of hydrogen-bond acceptors (Lipinski definition) is 2. The molecule has 0 radical (unpaired) electrons.